The fourth-order valence-corrected chi connectivity index (χ4v) is 3.34. The Bertz CT molecular complexity index is 370. The molecule has 1 heterocycles. The van der Waals surface area contributed by atoms with E-state index in [4.69, 9.17) is 5.73 Å². The van der Waals surface area contributed by atoms with Crippen molar-refractivity contribution in [2.24, 2.45) is 5.73 Å². The molecule has 2 rings (SSSR count). The monoisotopic (exact) mass is 317 g/mol. The Hall–Kier alpha value is -0.810. The number of nitrogens with two attached hydrogens (primary N) is 1. The van der Waals surface area contributed by atoms with E-state index in [1.54, 1.807) is 0 Å². The lowest BCUT2D eigenvalue weighted by Gasteiger charge is -2.37. The van der Waals surface area contributed by atoms with Crippen molar-refractivity contribution in [3.8, 4) is 0 Å². The second kappa shape index (κ2) is 7.99. The lowest BCUT2D eigenvalue weighted by Crippen LogP contribution is -2.58. The zero-order valence-corrected chi connectivity index (χ0v) is 13.7. The van der Waals surface area contributed by atoms with Crippen molar-refractivity contribution < 1.29 is 9.59 Å². The van der Waals surface area contributed by atoms with Crippen LogP contribution in [0.15, 0.2) is 0 Å². The molecule has 0 aromatic heterocycles. The summed E-state index contributed by atoms with van der Waals surface area (Å²) in [6.45, 7) is 3.39. The third-order valence-corrected chi connectivity index (χ3v) is 4.47. The summed E-state index contributed by atoms with van der Waals surface area (Å²) in [6.07, 6.45) is 7.01. The van der Waals surface area contributed by atoms with Crippen molar-refractivity contribution in [2.45, 2.75) is 69.9 Å². The molecule has 2 amide bonds. The number of piperidine rings is 1. The predicted octanol–water partition coefficient (Wildman–Crippen LogP) is 1.59. The first-order valence-electron chi connectivity index (χ1n) is 7.93. The maximum absolute atomic E-state index is 12.6. The lowest BCUT2D eigenvalue weighted by atomic mass is 9.95. The van der Waals surface area contributed by atoms with Gasteiger partial charge in [-0.05, 0) is 32.1 Å². The van der Waals surface area contributed by atoms with Gasteiger partial charge in [0.2, 0.25) is 11.8 Å². The SMILES string of the molecule is CCCC(=O)NC1CCCN(C(=O)C2(N)CCCC2)C1.Cl. The van der Waals surface area contributed by atoms with Crippen molar-refractivity contribution in [1.29, 1.82) is 0 Å². The van der Waals surface area contributed by atoms with Gasteiger partial charge in [-0.3, -0.25) is 9.59 Å². The van der Waals surface area contributed by atoms with Crippen LogP contribution in [-0.2, 0) is 9.59 Å². The predicted molar refractivity (Wildman–Crippen MR) is 85.3 cm³/mol. The molecule has 1 saturated carbocycles. The molecule has 1 aliphatic heterocycles. The van der Waals surface area contributed by atoms with Crippen LogP contribution in [0.25, 0.3) is 0 Å². The average Bonchev–Trinajstić information content (AvgIpc) is 2.86. The summed E-state index contributed by atoms with van der Waals surface area (Å²) < 4.78 is 0. The van der Waals surface area contributed by atoms with Gasteiger partial charge in [0.05, 0.1) is 5.54 Å². The Labute approximate surface area is 133 Å². The minimum absolute atomic E-state index is 0. The van der Waals surface area contributed by atoms with Gasteiger partial charge >= 0.3 is 0 Å². The summed E-state index contributed by atoms with van der Waals surface area (Å²) in [4.78, 5) is 26.1. The Morgan fingerprint density at radius 3 is 2.57 bits per heavy atom. The molecule has 2 aliphatic rings. The summed E-state index contributed by atoms with van der Waals surface area (Å²) in [7, 11) is 0. The maximum Gasteiger partial charge on any atom is 0.242 e. The number of carbonyl (C=O) groups is 2. The quantitative estimate of drug-likeness (QED) is 0.826. The highest BCUT2D eigenvalue weighted by Gasteiger charge is 2.41. The molecule has 2 fully saturated rings. The molecule has 6 heteroatoms. The summed E-state index contributed by atoms with van der Waals surface area (Å²) in [5, 5.41) is 3.03. The normalized spacial score (nSPS) is 24.3. The number of likely N-dealkylation sites (tertiary alicyclic amines) is 1. The van der Waals surface area contributed by atoms with E-state index in [9.17, 15) is 9.59 Å². The van der Waals surface area contributed by atoms with E-state index in [1.165, 1.54) is 0 Å². The molecular formula is C15H28ClN3O2. The highest BCUT2D eigenvalue weighted by Crippen LogP contribution is 2.29. The van der Waals surface area contributed by atoms with Gasteiger partial charge in [-0.2, -0.15) is 0 Å². The molecule has 1 unspecified atom stereocenters. The molecular weight excluding hydrogens is 290 g/mol. The molecule has 5 nitrogen and oxygen atoms in total. The van der Waals surface area contributed by atoms with Gasteiger partial charge in [0.15, 0.2) is 0 Å². The first kappa shape index (κ1) is 18.2. The fourth-order valence-electron chi connectivity index (χ4n) is 3.34. The summed E-state index contributed by atoms with van der Waals surface area (Å²) in [5.41, 5.74) is 5.61. The molecule has 1 atom stereocenters. The molecule has 122 valence electrons. The van der Waals surface area contributed by atoms with Gasteiger partial charge in [0.1, 0.15) is 0 Å². The van der Waals surface area contributed by atoms with Crippen LogP contribution in [0.5, 0.6) is 0 Å². The highest BCUT2D eigenvalue weighted by molar-refractivity contribution is 5.86. The van der Waals surface area contributed by atoms with Crippen LogP contribution in [0.2, 0.25) is 0 Å². The van der Waals surface area contributed by atoms with Gasteiger partial charge in [-0.1, -0.05) is 19.8 Å². The first-order valence-corrected chi connectivity index (χ1v) is 7.93. The molecule has 1 aliphatic carbocycles. The summed E-state index contributed by atoms with van der Waals surface area (Å²) in [5.74, 6) is 0.180. The Kier molecular flexibility index (Phi) is 6.94. The zero-order chi connectivity index (χ0) is 14.6. The molecule has 0 aromatic rings. The zero-order valence-electron chi connectivity index (χ0n) is 12.9. The van der Waals surface area contributed by atoms with Gasteiger partial charge in [0, 0.05) is 25.6 Å². The Morgan fingerprint density at radius 2 is 1.95 bits per heavy atom. The third-order valence-electron chi connectivity index (χ3n) is 4.47. The largest absolute Gasteiger partial charge is 0.352 e. The summed E-state index contributed by atoms with van der Waals surface area (Å²) in [6, 6.07) is 0.0942. The van der Waals surface area contributed by atoms with Gasteiger partial charge in [0.25, 0.3) is 0 Å². The molecule has 1 saturated heterocycles. The van der Waals surface area contributed by atoms with Crippen molar-refractivity contribution in [1.82, 2.24) is 10.2 Å². The number of nitrogens with one attached hydrogen (secondary N) is 1. The fraction of sp³-hybridized carbons (Fsp3) is 0.867. The standard InChI is InChI=1S/C15H27N3O2.ClH/c1-2-6-13(19)17-12-7-5-10-18(11-12)14(20)15(16)8-3-4-9-15;/h12H,2-11,16H2,1H3,(H,17,19);1H. The van der Waals surface area contributed by atoms with E-state index in [0.717, 1.165) is 51.5 Å². The molecule has 0 bridgehead atoms. The minimum Gasteiger partial charge on any atom is -0.352 e. The van der Waals surface area contributed by atoms with Crippen molar-refractivity contribution in [3.05, 3.63) is 0 Å². The highest BCUT2D eigenvalue weighted by atomic mass is 35.5. The maximum atomic E-state index is 12.6. The van der Waals surface area contributed by atoms with Gasteiger partial charge < -0.3 is 16.0 Å². The molecule has 0 aromatic carbocycles. The van der Waals surface area contributed by atoms with Crippen molar-refractivity contribution in [2.75, 3.05) is 13.1 Å². The molecule has 21 heavy (non-hydrogen) atoms. The number of nitrogens with zero attached hydrogens (tertiary/aromatic N) is 1. The van der Waals surface area contributed by atoms with Crippen LogP contribution in [0.4, 0.5) is 0 Å². The van der Waals surface area contributed by atoms with E-state index in [1.807, 2.05) is 11.8 Å². The smallest absolute Gasteiger partial charge is 0.242 e. The van der Waals surface area contributed by atoms with Crippen LogP contribution in [-0.4, -0.2) is 41.4 Å². The minimum atomic E-state index is -0.644. The first-order chi connectivity index (χ1) is 9.55. The van der Waals surface area contributed by atoms with Gasteiger partial charge in [-0.25, -0.2) is 0 Å². The average molecular weight is 318 g/mol. The van der Waals surface area contributed by atoms with Crippen LogP contribution in [0.3, 0.4) is 0 Å². The molecule has 0 spiro atoms. The number of halogens is 1. The second-order valence-electron chi connectivity index (χ2n) is 6.27. The topological polar surface area (TPSA) is 75.4 Å². The number of amides is 2. The number of rotatable bonds is 4. The Morgan fingerprint density at radius 1 is 1.29 bits per heavy atom. The van der Waals surface area contributed by atoms with E-state index in [-0.39, 0.29) is 30.3 Å². The van der Waals surface area contributed by atoms with E-state index in [2.05, 4.69) is 5.32 Å². The van der Waals surface area contributed by atoms with E-state index >= 15 is 0 Å². The van der Waals surface area contributed by atoms with Gasteiger partial charge in [-0.15, -0.1) is 12.4 Å². The van der Waals surface area contributed by atoms with Crippen molar-refractivity contribution in [3.63, 3.8) is 0 Å². The lowest BCUT2D eigenvalue weighted by molar-refractivity contribution is -0.139. The van der Waals surface area contributed by atoms with Crippen molar-refractivity contribution >= 4 is 24.2 Å². The second-order valence-corrected chi connectivity index (χ2v) is 6.27. The van der Waals surface area contributed by atoms with Crippen LogP contribution < -0.4 is 11.1 Å². The van der Waals surface area contributed by atoms with Crippen LogP contribution in [0.1, 0.15) is 58.3 Å². The van der Waals surface area contributed by atoms with Crippen LogP contribution >= 0.6 is 12.4 Å². The Balaban J connectivity index is 0.00000220. The number of carbonyl (C=O) groups excluding carboxylic acids is 2. The molecule has 0 radical (unpaired) electrons. The van der Waals surface area contributed by atoms with E-state index in [0.29, 0.717) is 13.0 Å². The molecule has 3 N–H and O–H groups in total. The summed E-state index contributed by atoms with van der Waals surface area (Å²) >= 11 is 0. The number of hydrogen-bond acceptors (Lipinski definition) is 3. The van der Waals surface area contributed by atoms with E-state index < -0.39 is 5.54 Å². The third kappa shape index (κ3) is 4.58. The van der Waals surface area contributed by atoms with Crippen LogP contribution in [0, 0.1) is 0 Å². The number of hydrogen-bond donors (Lipinski definition) is 2.